The van der Waals surface area contributed by atoms with Crippen molar-refractivity contribution in [3.8, 4) is 0 Å². The molecular formula is C17H25NO2S. The number of unbranched alkanes of at least 4 members (excludes halogenated alkanes) is 1. The molecule has 21 heavy (non-hydrogen) atoms. The second-order valence-corrected chi connectivity index (χ2v) is 7.31. The van der Waals surface area contributed by atoms with Crippen LogP contribution in [-0.2, 0) is 10.0 Å². The van der Waals surface area contributed by atoms with Crippen molar-refractivity contribution in [2.24, 2.45) is 5.92 Å². The first-order valence-corrected chi connectivity index (χ1v) is 8.79. The molecule has 0 aromatic heterocycles. The van der Waals surface area contributed by atoms with Crippen molar-refractivity contribution >= 4 is 10.0 Å². The maximum atomic E-state index is 12.0. The molecule has 1 aromatic carbocycles. The van der Waals surface area contributed by atoms with Gasteiger partial charge in [-0.3, -0.25) is 0 Å². The molecule has 0 aliphatic rings. The minimum atomic E-state index is -3.38. The molecule has 4 heteroatoms. The summed E-state index contributed by atoms with van der Waals surface area (Å²) in [6, 6.07) is 6.87. The quantitative estimate of drug-likeness (QED) is 0.615. The Balaban J connectivity index is 2.45. The van der Waals surface area contributed by atoms with Crippen molar-refractivity contribution in [1.29, 1.82) is 0 Å². The van der Waals surface area contributed by atoms with Gasteiger partial charge in [-0.1, -0.05) is 31.5 Å². The highest BCUT2D eigenvalue weighted by Crippen LogP contribution is 2.10. The Morgan fingerprint density at radius 1 is 1.29 bits per heavy atom. The smallest absolute Gasteiger partial charge is 0.211 e. The first-order valence-electron chi connectivity index (χ1n) is 7.31. The summed E-state index contributed by atoms with van der Waals surface area (Å²) < 4.78 is 26.7. The molecule has 0 spiro atoms. The zero-order chi connectivity index (χ0) is 15.9. The zero-order valence-corrected chi connectivity index (χ0v) is 14.1. The van der Waals surface area contributed by atoms with E-state index in [1.165, 1.54) is 5.57 Å². The van der Waals surface area contributed by atoms with Gasteiger partial charge >= 0.3 is 0 Å². The van der Waals surface area contributed by atoms with Gasteiger partial charge in [-0.2, -0.15) is 0 Å². The van der Waals surface area contributed by atoms with Crippen molar-refractivity contribution in [3.05, 3.63) is 47.2 Å². The molecule has 0 saturated heterocycles. The minimum Gasteiger partial charge on any atom is -0.211 e. The third-order valence-corrected chi connectivity index (χ3v) is 4.82. The Kier molecular flexibility index (Phi) is 6.90. The third kappa shape index (κ3) is 6.30. The largest absolute Gasteiger partial charge is 0.240 e. The molecule has 0 saturated carbocycles. The molecule has 0 radical (unpaired) electrons. The fourth-order valence-electron chi connectivity index (χ4n) is 1.61. The summed E-state index contributed by atoms with van der Waals surface area (Å²) in [5.74, 6) is 0.501. The van der Waals surface area contributed by atoms with E-state index in [0.717, 1.165) is 18.4 Å². The van der Waals surface area contributed by atoms with Crippen LogP contribution in [0.1, 0.15) is 39.2 Å². The van der Waals surface area contributed by atoms with Gasteiger partial charge in [0.1, 0.15) is 0 Å². The molecule has 1 rings (SSSR count). The van der Waals surface area contributed by atoms with Gasteiger partial charge in [-0.15, -0.1) is 5.73 Å². The van der Waals surface area contributed by atoms with E-state index in [0.29, 0.717) is 17.4 Å². The summed E-state index contributed by atoms with van der Waals surface area (Å²) in [7, 11) is -3.38. The highest BCUT2D eigenvalue weighted by molar-refractivity contribution is 7.89. The minimum absolute atomic E-state index is 0.319. The average molecular weight is 307 g/mol. The van der Waals surface area contributed by atoms with Gasteiger partial charge in [0.25, 0.3) is 0 Å². The summed E-state index contributed by atoms with van der Waals surface area (Å²) in [4.78, 5) is 0.319. The molecule has 0 atom stereocenters. The molecule has 0 unspecified atom stereocenters. The molecule has 3 nitrogen and oxygen atoms in total. The summed E-state index contributed by atoms with van der Waals surface area (Å²) >= 11 is 0. The number of allylic oxidation sites excluding steroid dienone is 1. The lowest BCUT2D eigenvalue weighted by molar-refractivity contribution is 0.579. The van der Waals surface area contributed by atoms with Crippen molar-refractivity contribution in [1.82, 2.24) is 4.72 Å². The topological polar surface area (TPSA) is 46.2 Å². The SMILES string of the molecule is CC(=C=CCCCNS(=O)(=O)c1ccc(C)cc1)C(C)C. The second-order valence-electron chi connectivity index (χ2n) is 5.54. The number of hydrogen-bond donors (Lipinski definition) is 1. The number of nitrogens with one attached hydrogen (secondary N) is 1. The molecule has 0 aliphatic heterocycles. The maximum Gasteiger partial charge on any atom is 0.240 e. The van der Waals surface area contributed by atoms with Crippen LogP contribution in [0.4, 0.5) is 0 Å². The first kappa shape index (κ1) is 17.7. The van der Waals surface area contributed by atoms with Crippen molar-refractivity contribution in [3.63, 3.8) is 0 Å². The lowest BCUT2D eigenvalue weighted by Gasteiger charge is -2.06. The Labute approximate surface area is 128 Å². The molecule has 0 bridgehead atoms. The Morgan fingerprint density at radius 3 is 2.48 bits per heavy atom. The lowest BCUT2D eigenvalue weighted by Crippen LogP contribution is -2.24. The summed E-state index contributed by atoms with van der Waals surface area (Å²) in [6.45, 7) is 8.69. The van der Waals surface area contributed by atoms with Crippen LogP contribution in [0.15, 0.2) is 46.5 Å². The van der Waals surface area contributed by atoms with Crippen LogP contribution in [-0.4, -0.2) is 15.0 Å². The van der Waals surface area contributed by atoms with Gasteiger partial charge in [-0.25, -0.2) is 13.1 Å². The van der Waals surface area contributed by atoms with E-state index in [-0.39, 0.29) is 0 Å². The molecular weight excluding hydrogens is 282 g/mol. The van der Waals surface area contributed by atoms with Gasteiger partial charge in [0.05, 0.1) is 4.90 Å². The molecule has 116 valence electrons. The van der Waals surface area contributed by atoms with E-state index < -0.39 is 10.0 Å². The van der Waals surface area contributed by atoms with Crippen molar-refractivity contribution < 1.29 is 8.42 Å². The highest BCUT2D eigenvalue weighted by atomic mass is 32.2. The molecule has 1 N–H and O–H groups in total. The predicted molar refractivity (Wildman–Crippen MR) is 87.7 cm³/mol. The number of rotatable bonds is 7. The van der Waals surface area contributed by atoms with E-state index in [9.17, 15) is 8.42 Å². The van der Waals surface area contributed by atoms with Crippen LogP contribution in [0.25, 0.3) is 0 Å². The van der Waals surface area contributed by atoms with E-state index in [2.05, 4.69) is 31.2 Å². The molecule has 0 amide bonds. The Morgan fingerprint density at radius 2 is 1.90 bits per heavy atom. The van der Waals surface area contributed by atoms with Crippen LogP contribution < -0.4 is 4.72 Å². The van der Waals surface area contributed by atoms with E-state index in [1.807, 2.05) is 13.0 Å². The van der Waals surface area contributed by atoms with Crippen LogP contribution in [0.3, 0.4) is 0 Å². The van der Waals surface area contributed by atoms with Gasteiger partial charge in [0.15, 0.2) is 0 Å². The third-order valence-electron chi connectivity index (χ3n) is 3.34. The summed E-state index contributed by atoms with van der Waals surface area (Å²) in [5.41, 5.74) is 5.50. The van der Waals surface area contributed by atoms with E-state index in [1.54, 1.807) is 24.3 Å². The van der Waals surface area contributed by atoms with Crippen LogP contribution in [0, 0.1) is 12.8 Å². The standard InChI is InChI=1S/C17H25NO2S/c1-14(2)16(4)8-6-5-7-13-18-21(19,20)17-11-9-15(3)10-12-17/h6,9-12,14,18H,5,7,13H2,1-4H3. The van der Waals surface area contributed by atoms with Crippen LogP contribution in [0.5, 0.6) is 0 Å². The number of sulfonamides is 1. The number of benzene rings is 1. The summed E-state index contributed by atoms with van der Waals surface area (Å²) in [6.07, 6.45) is 3.57. The molecule has 1 aromatic rings. The highest BCUT2D eigenvalue weighted by Gasteiger charge is 2.11. The Hall–Kier alpha value is -1.35. The lowest BCUT2D eigenvalue weighted by atomic mass is 10.1. The second kappa shape index (κ2) is 8.18. The Bertz CT molecular complexity index is 607. The van der Waals surface area contributed by atoms with Gasteiger partial charge in [0, 0.05) is 6.54 Å². The normalized spacial score (nSPS) is 11.3. The first-order chi connectivity index (χ1) is 9.83. The fraction of sp³-hybridized carbons (Fsp3) is 0.471. The molecule has 0 heterocycles. The average Bonchev–Trinajstić information content (AvgIpc) is 2.42. The number of aryl methyl sites for hydroxylation is 1. The summed E-state index contributed by atoms with van der Waals surface area (Å²) in [5, 5.41) is 0. The monoisotopic (exact) mass is 307 g/mol. The van der Waals surface area contributed by atoms with Gasteiger partial charge in [0.2, 0.25) is 10.0 Å². The fourth-order valence-corrected chi connectivity index (χ4v) is 2.69. The van der Waals surface area contributed by atoms with Crippen molar-refractivity contribution in [2.75, 3.05) is 6.54 Å². The zero-order valence-electron chi connectivity index (χ0n) is 13.3. The van der Waals surface area contributed by atoms with Gasteiger partial charge in [-0.05, 0) is 56.4 Å². The predicted octanol–water partition coefficient (Wildman–Crippen LogP) is 3.81. The van der Waals surface area contributed by atoms with Gasteiger partial charge < -0.3 is 0 Å². The van der Waals surface area contributed by atoms with E-state index >= 15 is 0 Å². The van der Waals surface area contributed by atoms with E-state index in [4.69, 9.17) is 0 Å². The van der Waals surface area contributed by atoms with Crippen LogP contribution in [0.2, 0.25) is 0 Å². The number of hydrogen-bond acceptors (Lipinski definition) is 2. The van der Waals surface area contributed by atoms with Crippen LogP contribution >= 0.6 is 0 Å². The molecule has 0 aliphatic carbocycles. The molecule has 0 fully saturated rings. The van der Waals surface area contributed by atoms with Crippen molar-refractivity contribution in [2.45, 2.75) is 45.4 Å². The maximum absolute atomic E-state index is 12.0.